The van der Waals surface area contributed by atoms with Crippen molar-refractivity contribution >= 4 is 34.4 Å². The highest BCUT2D eigenvalue weighted by Crippen LogP contribution is 2.23. The van der Waals surface area contributed by atoms with Gasteiger partial charge in [-0.1, -0.05) is 51.7 Å². The Morgan fingerprint density at radius 2 is 1.06 bits per heavy atom. The van der Waals surface area contributed by atoms with Crippen molar-refractivity contribution in [1.29, 1.82) is 0 Å². The van der Waals surface area contributed by atoms with Crippen molar-refractivity contribution in [2.75, 3.05) is 60.4 Å². The summed E-state index contributed by atoms with van der Waals surface area (Å²) in [6.07, 6.45) is 19.9. The van der Waals surface area contributed by atoms with Gasteiger partial charge in [-0.05, 0) is 80.5 Å². The van der Waals surface area contributed by atoms with E-state index < -0.39 is 0 Å². The lowest BCUT2D eigenvalue weighted by molar-refractivity contribution is -0.910. The molecule has 4 aromatic rings. The molecule has 0 saturated heterocycles. The van der Waals surface area contributed by atoms with Crippen LogP contribution in [-0.4, -0.2) is 79.3 Å². The Hall–Kier alpha value is -3.00. The predicted octanol–water partition coefficient (Wildman–Crippen LogP) is 9.04. The summed E-state index contributed by atoms with van der Waals surface area (Å²) in [5, 5.41) is 0. The lowest BCUT2D eigenvalue weighted by Crippen LogP contribution is -2.46. The molecule has 0 amide bonds. The van der Waals surface area contributed by atoms with Gasteiger partial charge in [-0.25, -0.2) is 9.97 Å². The topological polar surface area (TPSA) is 78.1 Å². The minimum atomic E-state index is 0.560. The standard InChI is InChI=1S/C40H63N5O2/c1-6-8-10-12-28-45(5,29-13-11-9-7-2)30-15-18-34-20-22-38-36(32-34)43-40(47-38)24-23-39-42-35-31-33(19-21-37(35)46-39)17-14-26-44(3,4)27-16-25-41/h19-24,31-32H,6-18,25-30,41H2,1-5H3/q+2/b24-23+. The molecule has 47 heavy (non-hydrogen) atoms. The zero-order valence-electron chi connectivity index (χ0n) is 30.2. The third kappa shape index (κ3) is 12.2. The van der Waals surface area contributed by atoms with Crippen molar-refractivity contribution in [3.63, 3.8) is 0 Å². The van der Waals surface area contributed by atoms with Gasteiger partial charge < -0.3 is 23.5 Å². The van der Waals surface area contributed by atoms with E-state index in [0.717, 1.165) is 72.0 Å². The van der Waals surface area contributed by atoms with Crippen molar-refractivity contribution in [1.82, 2.24) is 9.97 Å². The lowest BCUT2D eigenvalue weighted by atomic mass is 10.1. The Bertz CT molecular complexity index is 1510. The number of aromatic nitrogens is 2. The molecule has 0 spiro atoms. The molecule has 0 saturated carbocycles. The first-order chi connectivity index (χ1) is 22.7. The second-order valence-electron chi connectivity index (χ2n) is 14.7. The van der Waals surface area contributed by atoms with Crippen molar-refractivity contribution in [2.24, 2.45) is 5.73 Å². The number of rotatable bonds is 23. The fourth-order valence-corrected chi connectivity index (χ4v) is 6.76. The molecule has 2 heterocycles. The number of hydrogen-bond acceptors (Lipinski definition) is 5. The molecule has 0 aliphatic carbocycles. The van der Waals surface area contributed by atoms with Gasteiger partial charge in [-0.15, -0.1) is 0 Å². The average molecular weight is 646 g/mol. The van der Waals surface area contributed by atoms with Crippen LogP contribution in [0.2, 0.25) is 0 Å². The van der Waals surface area contributed by atoms with Crippen LogP contribution in [0.3, 0.4) is 0 Å². The zero-order valence-corrected chi connectivity index (χ0v) is 30.2. The highest BCUT2D eigenvalue weighted by molar-refractivity contribution is 5.78. The molecule has 258 valence electrons. The van der Waals surface area contributed by atoms with Crippen LogP contribution in [0.15, 0.2) is 45.2 Å². The van der Waals surface area contributed by atoms with Crippen LogP contribution >= 0.6 is 0 Å². The van der Waals surface area contributed by atoms with Crippen LogP contribution in [0.25, 0.3) is 34.4 Å². The Kier molecular flexibility index (Phi) is 14.5. The van der Waals surface area contributed by atoms with Crippen LogP contribution in [0.4, 0.5) is 0 Å². The van der Waals surface area contributed by atoms with E-state index in [1.165, 1.54) is 93.0 Å². The summed E-state index contributed by atoms with van der Waals surface area (Å²) in [5.41, 5.74) is 11.7. The van der Waals surface area contributed by atoms with E-state index in [1.54, 1.807) is 0 Å². The number of aryl methyl sites for hydroxylation is 2. The van der Waals surface area contributed by atoms with Crippen LogP contribution in [0.1, 0.15) is 107 Å². The van der Waals surface area contributed by atoms with Crippen molar-refractivity contribution < 1.29 is 17.8 Å². The molecule has 7 heteroatoms. The molecule has 2 aromatic heterocycles. The Morgan fingerprint density at radius 3 is 1.55 bits per heavy atom. The van der Waals surface area contributed by atoms with Gasteiger partial charge in [0.1, 0.15) is 11.0 Å². The lowest BCUT2D eigenvalue weighted by Gasteiger charge is -2.35. The van der Waals surface area contributed by atoms with Crippen LogP contribution in [0.5, 0.6) is 0 Å². The van der Waals surface area contributed by atoms with E-state index in [-0.39, 0.29) is 0 Å². The SMILES string of the molecule is CCCCCC[N+](C)(CCCCCC)CCCc1ccc2oc(/C=C/c3nc4cc(CCC[N+](C)(C)CCCN)ccc4o3)nc2c1. The zero-order chi connectivity index (χ0) is 33.5. The van der Waals surface area contributed by atoms with E-state index in [1.807, 2.05) is 18.2 Å². The van der Waals surface area contributed by atoms with Gasteiger partial charge in [0.2, 0.25) is 11.8 Å². The number of hydrogen-bond donors (Lipinski definition) is 1. The minimum absolute atomic E-state index is 0.560. The largest absolute Gasteiger partial charge is 0.437 e. The summed E-state index contributed by atoms with van der Waals surface area (Å²) in [6.45, 7) is 11.4. The van der Waals surface area contributed by atoms with E-state index in [9.17, 15) is 0 Å². The maximum atomic E-state index is 6.04. The van der Waals surface area contributed by atoms with Gasteiger partial charge in [0.05, 0.1) is 53.9 Å². The first-order valence-corrected chi connectivity index (χ1v) is 18.6. The summed E-state index contributed by atoms with van der Waals surface area (Å²) >= 11 is 0. The van der Waals surface area contributed by atoms with Crippen molar-refractivity contribution in [3.8, 4) is 0 Å². The minimum Gasteiger partial charge on any atom is -0.437 e. The van der Waals surface area contributed by atoms with Crippen LogP contribution < -0.4 is 5.73 Å². The van der Waals surface area contributed by atoms with Gasteiger partial charge in [0.25, 0.3) is 0 Å². The van der Waals surface area contributed by atoms with Crippen molar-refractivity contribution in [2.45, 2.75) is 97.3 Å². The highest BCUT2D eigenvalue weighted by atomic mass is 16.4. The van der Waals surface area contributed by atoms with Gasteiger partial charge >= 0.3 is 0 Å². The number of benzene rings is 2. The van der Waals surface area contributed by atoms with Crippen LogP contribution in [-0.2, 0) is 12.8 Å². The molecule has 0 aliphatic rings. The summed E-state index contributed by atoms with van der Waals surface area (Å²) in [6, 6.07) is 12.8. The maximum Gasteiger partial charge on any atom is 0.220 e. The molecular weight excluding hydrogens is 582 g/mol. The molecule has 0 radical (unpaired) electrons. The first kappa shape index (κ1) is 36.8. The molecule has 0 aliphatic heterocycles. The van der Waals surface area contributed by atoms with Gasteiger partial charge in [-0.3, -0.25) is 0 Å². The second kappa shape index (κ2) is 18.5. The number of oxazole rings is 2. The molecule has 0 atom stereocenters. The smallest absolute Gasteiger partial charge is 0.220 e. The molecule has 0 unspecified atom stereocenters. The van der Waals surface area contributed by atoms with E-state index >= 15 is 0 Å². The van der Waals surface area contributed by atoms with E-state index in [4.69, 9.17) is 24.5 Å². The summed E-state index contributed by atoms with van der Waals surface area (Å²) in [4.78, 5) is 9.49. The van der Waals surface area contributed by atoms with E-state index in [0.29, 0.717) is 11.8 Å². The molecule has 2 N–H and O–H groups in total. The molecule has 7 nitrogen and oxygen atoms in total. The second-order valence-corrected chi connectivity index (χ2v) is 14.7. The molecule has 0 bridgehead atoms. The quantitative estimate of drug-likeness (QED) is 0.0643. The molecule has 2 aromatic carbocycles. The Morgan fingerprint density at radius 1 is 0.596 bits per heavy atom. The monoisotopic (exact) mass is 645 g/mol. The van der Waals surface area contributed by atoms with Crippen LogP contribution in [0, 0.1) is 0 Å². The fraction of sp³-hybridized carbons (Fsp3) is 0.600. The molecule has 0 fully saturated rings. The van der Waals surface area contributed by atoms with Gasteiger partial charge in [0.15, 0.2) is 11.2 Å². The summed E-state index contributed by atoms with van der Waals surface area (Å²) in [7, 11) is 7.06. The third-order valence-corrected chi connectivity index (χ3v) is 9.77. The first-order valence-electron chi connectivity index (χ1n) is 18.6. The maximum absolute atomic E-state index is 6.04. The molecular formula is C40H63N5O2+2. The third-order valence-electron chi connectivity index (χ3n) is 9.77. The Labute approximate surface area is 284 Å². The summed E-state index contributed by atoms with van der Waals surface area (Å²) in [5.74, 6) is 1.13. The number of nitrogens with two attached hydrogens (primary N) is 1. The number of fused-ring (bicyclic) bond motifs is 2. The number of unbranched alkanes of at least 4 members (excludes halogenated alkanes) is 6. The average Bonchev–Trinajstić information content (AvgIpc) is 3.66. The van der Waals surface area contributed by atoms with E-state index in [2.05, 4.69) is 65.3 Å². The number of nitrogens with zero attached hydrogens (tertiary/aromatic N) is 4. The van der Waals surface area contributed by atoms with Gasteiger partial charge in [0, 0.05) is 31.4 Å². The van der Waals surface area contributed by atoms with Crippen molar-refractivity contribution in [3.05, 3.63) is 59.3 Å². The fourth-order valence-electron chi connectivity index (χ4n) is 6.76. The highest BCUT2D eigenvalue weighted by Gasteiger charge is 2.20. The van der Waals surface area contributed by atoms with Gasteiger partial charge in [-0.2, -0.15) is 0 Å². The number of quaternary nitrogens is 2. The predicted molar refractivity (Wildman–Crippen MR) is 198 cm³/mol. The Balaban J connectivity index is 1.31. The normalized spacial score (nSPS) is 12.7. The summed E-state index contributed by atoms with van der Waals surface area (Å²) < 4.78 is 14.3. The molecule has 4 rings (SSSR count).